The summed E-state index contributed by atoms with van der Waals surface area (Å²) in [6, 6.07) is 2.17. The van der Waals surface area contributed by atoms with Gasteiger partial charge in [-0.2, -0.15) is 5.10 Å². The summed E-state index contributed by atoms with van der Waals surface area (Å²) in [6.45, 7) is 1.45. The lowest BCUT2D eigenvalue weighted by molar-refractivity contribution is -0.140. The average Bonchev–Trinajstić information content (AvgIpc) is 3.01. The zero-order chi connectivity index (χ0) is 11.0. The number of aliphatic carboxylic acids is 1. The molecule has 0 saturated heterocycles. The van der Waals surface area contributed by atoms with E-state index in [2.05, 4.69) is 5.10 Å². The van der Waals surface area contributed by atoms with Gasteiger partial charge in [-0.05, 0) is 25.8 Å². The van der Waals surface area contributed by atoms with Crippen molar-refractivity contribution in [2.24, 2.45) is 0 Å². The third kappa shape index (κ3) is 1.91. The van der Waals surface area contributed by atoms with Crippen LogP contribution in [0.3, 0.4) is 0 Å². The molecule has 1 aliphatic carbocycles. The van der Waals surface area contributed by atoms with Gasteiger partial charge in [0.05, 0.1) is 5.69 Å². The summed E-state index contributed by atoms with van der Waals surface area (Å²) in [4.78, 5) is 22.1. The van der Waals surface area contributed by atoms with Crippen LogP contribution in [0, 0.1) is 0 Å². The molecular formula is C10H12N2O3. The van der Waals surface area contributed by atoms with Gasteiger partial charge >= 0.3 is 5.97 Å². The number of hydrogen-bond donors (Lipinski definition) is 1. The minimum atomic E-state index is -1.04. The van der Waals surface area contributed by atoms with Gasteiger partial charge in [0.1, 0.15) is 0 Å². The zero-order valence-corrected chi connectivity index (χ0v) is 8.38. The molecule has 1 heterocycles. The van der Waals surface area contributed by atoms with E-state index >= 15 is 0 Å². The third-order valence-corrected chi connectivity index (χ3v) is 2.57. The molecule has 1 aliphatic rings. The maximum Gasteiger partial charge on any atom is 0.328 e. The first-order chi connectivity index (χ1) is 7.09. The Morgan fingerprint density at radius 2 is 2.27 bits per heavy atom. The fraction of sp³-hybridized carbons (Fsp3) is 0.500. The molecular weight excluding hydrogens is 196 g/mol. The molecule has 0 bridgehead atoms. The number of carboxylic acid groups (broad SMARTS) is 1. The number of nitrogens with zero attached hydrogens (tertiary/aromatic N) is 2. The Balaban J connectivity index is 2.40. The minimum Gasteiger partial charge on any atom is -0.480 e. The highest BCUT2D eigenvalue weighted by Gasteiger charge is 2.26. The number of rotatable bonds is 3. The normalized spacial score (nSPS) is 17.4. The highest BCUT2D eigenvalue weighted by atomic mass is 16.4. The Labute approximate surface area is 86.4 Å². The Kier molecular flexibility index (Phi) is 2.30. The Morgan fingerprint density at radius 3 is 2.80 bits per heavy atom. The second-order valence-corrected chi connectivity index (χ2v) is 3.83. The molecule has 1 aromatic heterocycles. The van der Waals surface area contributed by atoms with Crippen molar-refractivity contribution in [2.45, 2.75) is 31.7 Å². The van der Waals surface area contributed by atoms with Crippen molar-refractivity contribution in [1.82, 2.24) is 9.78 Å². The molecule has 0 radical (unpaired) electrons. The fourth-order valence-corrected chi connectivity index (χ4v) is 1.42. The zero-order valence-electron chi connectivity index (χ0n) is 8.38. The van der Waals surface area contributed by atoms with Crippen LogP contribution >= 0.6 is 0 Å². The van der Waals surface area contributed by atoms with Crippen molar-refractivity contribution in [3.63, 3.8) is 0 Å². The van der Waals surface area contributed by atoms with Gasteiger partial charge in [-0.15, -0.1) is 0 Å². The lowest BCUT2D eigenvalue weighted by Gasteiger charge is -2.09. The molecule has 1 saturated carbocycles. The molecule has 1 atom stereocenters. The summed E-state index contributed by atoms with van der Waals surface area (Å²) >= 11 is 0. The lowest BCUT2D eigenvalue weighted by atomic mass is 10.3. The minimum absolute atomic E-state index is 0.366. The van der Waals surface area contributed by atoms with Gasteiger partial charge in [-0.25, -0.2) is 9.48 Å². The van der Waals surface area contributed by atoms with Crippen molar-refractivity contribution in [3.05, 3.63) is 28.2 Å². The highest BCUT2D eigenvalue weighted by molar-refractivity contribution is 5.71. The van der Waals surface area contributed by atoms with Crippen molar-refractivity contribution >= 4 is 5.97 Å². The summed E-state index contributed by atoms with van der Waals surface area (Å²) in [7, 11) is 0. The third-order valence-electron chi connectivity index (χ3n) is 2.57. The molecule has 0 unspecified atom stereocenters. The molecule has 80 valence electrons. The van der Waals surface area contributed by atoms with Crippen LogP contribution in [0.1, 0.15) is 37.4 Å². The van der Waals surface area contributed by atoms with Crippen molar-refractivity contribution < 1.29 is 9.90 Å². The largest absolute Gasteiger partial charge is 0.480 e. The van der Waals surface area contributed by atoms with Crippen LogP contribution in [0.5, 0.6) is 0 Å². The van der Waals surface area contributed by atoms with E-state index < -0.39 is 12.0 Å². The second-order valence-electron chi connectivity index (χ2n) is 3.83. The summed E-state index contributed by atoms with van der Waals surface area (Å²) in [5, 5.41) is 12.9. The van der Waals surface area contributed by atoms with Crippen LogP contribution in [0.15, 0.2) is 16.9 Å². The molecule has 15 heavy (non-hydrogen) atoms. The molecule has 2 rings (SSSR count). The van der Waals surface area contributed by atoms with E-state index in [1.165, 1.54) is 13.0 Å². The first-order valence-corrected chi connectivity index (χ1v) is 4.92. The van der Waals surface area contributed by atoms with Gasteiger partial charge in [0.15, 0.2) is 6.04 Å². The molecule has 5 nitrogen and oxygen atoms in total. The standard InChI is InChI=1S/C10H12N2O3/c1-6(10(14)15)12-9(13)5-4-8(11-12)7-2-3-7/h4-7H,2-3H2,1H3,(H,14,15)/t6-/m1/s1. The predicted octanol–water partition coefficient (Wildman–Crippen LogP) is 0.766. The van der Waals surface area contributed by atoms with Gasteiger partial charge in [-0.1, -0.05) is 0 Å². The summed E-state index contributed by atoms with van der Waals surface area (Å²) < 4.78 is 1.04. The van der Waals surface area contributed by atoms with E-state index in [0.29, 0.717) is 5.92 Å². The Morgan fingerprint density at radius 1 is 1.60 bits per heavy atom. The van der Waals surface area contributed by atoms with Gasteiger partial charge < -0.3 is 5.11 Å². The van der Waals surface area contributed by atoms with E-state index in [1.54, 1.807) is 6.07 Å². The first kappa shape index (κ1) is 9.89. The molecule has 1 N–H and O–H groups in total. The number of carboxylic acids is 1. The van der Waals surface area contributed by atoms with Gasteiger partial charge in [0.2, 0.25) is 0 Å². The van der Waals surface area contributed by atoms with Crippen molar-refractivity contribution in [3.8, 4) is 0 Å². The maximum absolute atomic E-state index is 11.4. The lowest BCUT2D eigenvalue weighted by Crippen LogP contribution is -2.30. The van der Waals surface area contributed by atoms with E-state index in [4.69, 9.17) is 5.11 Å². The maximum atomic E-state index is 11.4. The van der Waals surface area contributed by atoms with E-state index in [1.807, 2.05) is 0 Å². The Hall–Kier alpha value is -1.65. The topological polar surface area (TPSA) is 72.2 Å². The molecule has 0 aliphatic heterocycles. The van der Waals surface area contributed by atoms with Crippen LogP contribution < -0.4 is 5.56 Å². The van der Waals surface area contributed by atoms with Gasteiger partial charge in [0.25, 0.3) is 5.56 Å². The van der Waals surface area contributed by atoms with E-state index in [0.717, 1.165) is 23.2 Å². The number of aromatic nitrogens is 2. The highest BCUT2D eigenvalue weighted by Crippen LogP contribution is 2.38. The monoisotopic (exact) mass is 208 g/mol. The molecule has 1 fully saturated rings. The first-order valence-electron chi connectivity index (χ1n) is 4.92. The number of hydrogen-bond acceptors (Lipinski definition) is 3. The smallest absolute Gasteiger partial charge is 0.328 e. The predicted molar refractivity (Wildman–Crippen MR) is 52.8 cm³/mol. The number of carbonyl (C=O) groups is 1. The molecule has 0 aromatic carbocycles. The molecule has 0 amide bonds. The molecule has 5 heteroatoms. The van der Waals surface area contributed by atoms with Gasteiger partial charge in [-0.3, -0.25) is 4.79 Å². The van der Waals surface area contributed by atoms with Crippen molar-refractivity contribution in [1.29, 1.82) is 0 Å². The summed E-state index contributed by atoms with van der Waals surface area (Å²) in [5.41, 5.74) is 0.456. The van der Waals surface area contributed by atoms with Gasteiger partial charge in [0, 0.05) is 12.0 Å². The van der Waals surface area contributed by atoms with Crippen LogP contribution in [0.2, 0.25) is 0 Å². The average molecular weight is 208 g/mol. The van der Waals surface area contributed by atoms with Crippen LogP contribution in [-0.4, -0.2) is 20.9 Å². The quantitative estimate of drug-likeness (QED) is 0.796. The summed E-state index contributed by atoms with van der Waals surface area (Å²) in [5.74, 6) is -0.629. The molecule has 0 spiro atoms. The van der Waals surface area contributed by atoms with Crippen LogP contribution in [-0.2, 0) is 4.79 Å². The van der Waals surface area contributed by atoms with E-state index in [9.17, 15) is 9.59 Å². The second kappa shape index (κ2) is 3.49. The van der Waals surface area contributed by atoms with Crippen LogP contribution in [0.4, 0.5) is 0 Å². The fourth-order valence-electron chi connectivity index (χ4n) is 1.42. The van der Waals surface area contributed by atoms with E-state index in [-0.39, 0.29) is 5.56 Å². The van der Waals surface area contributed by atoms with Crippen LogP contribution in [0.25, 0.3) is 0 Å². The summed E-state index contributed by atoms with van der Waals surface area (Å²) in [6.07, 6.45) is 2.15. The SMILES string of the molecule is C[C@H](C(=O)O)n1nc(C2CC2)ccc1=O. The molecule has 1 aromatic rings. The van der Waals surface area contributed by atoms with Crippen molar-refractivity contribution in [2.75, 3.05) is 0 Å². The Bertz CT molecular complexity index is 448.